The molecule has 0 aliphatic heterocycles. The van der Waals surface area contributed by atoms with Gasteiger partial charge in [-0.3, -0.25) is 13.9 Å². The van der Waals surface area contributed by atoms with Gasteiger partial charge in [-0.25, -0.2) is 0 Å². The highest BCUT2D eigenvalue weighted by molar-refractivity contribution is 7.79. The molecular weight excluding hydrogens is 280 g/mol. The largest absolute Gasteiger partial charge is 0.394 e. The minimum absolute atomic E-state index is 0.221. The van der Waals surface area contributed by atoms with E-state index in [0.717, 1.165) is 16.5 Å². The molecule has 20 heavy (non-hydrogen) atoms. The number of hydrogen-bond donors (Lipinski definition) is 2. The number of hydrogen-bond acceptors (Lipinski definition) is 3. The van der Waals surface area contributed by atoms with Gasteiger partial charge in [0.05, 0.1) is 0 Å². The molecule has 2 aromatic carbocycles. The Bertz CT molecular complexity index is 782. The summed E-state index contributed by atoms with van der Waals surface area (Å²) >= 11 is 0. The van der Waals surface area contributed by atoms with E-state index in [4.69, 9.17) is 17.5 Å². The van der Waals surface area contributed by atoms with E-state index in [0.29, 0.717) is 6.42 Å². The highest BCUT2D eigenvalue weighted by Crippen LogP contribution is 2.25. The lowest BCUT2D eigenvalue weighted by molar-refractivity contribution is 0.0994. The standard InChI is InChI=1S/C14H10O.H2O4S/c15-14-7-3-6-12-8-10-4-1-2-5-11(10)9-13(12)14;1-5(2,3)4/h1-6,8-9H,7H2;(H2,1,2,3,4). The van der Waals surface area contributed by atoms with Crippen molar-refractivity contribution in [3.63, 3.8) is 0 Å². The Kier molecular flexibility index (Phi) is 3.99. The Morgan fingerprint density at radius 3 is 2.15 bits per heavy atom. The Morgan fingerprint density at radius 2 is 1.55 bits per heavy atom. The minimum Gasteiger partial charge on any atom is -0.294 e. The summed E-state index contributed by atoms with van der Waals surface area (Å²) in [5.41, 5.74) is 1.90. The third kappa shape index (κ3) is 3.74. The zero-order valence-corrected chi connectivity index (χ0v) is 11.2. The summed E-state index contributed by atoms with van der Waals surface area (Å²) < 4.78 is 31.6. The highest BCUT2D eigenvalue weighted by Gasteiger charge is 2.13. The van der Waals surface area contributed by atoms with Gasteiger partial charge in [0, 0.05) is 12.0 Å². The zero-order valence-electron chi connectivity index (χ0n) is 10.4. The molecule has 0 radical (unpaired) electrons. The second-order valence-electron chi connectivity index (χ2n) is 4.26. The van der Waals surface area contributed by atoms with E-state index in [9.17, 15) is 4.79 Å². The van der Waals surface area contributed by atoms with E-state index in [-0.39, 0.29) is 5.78 Å². The molecular formula is C14H12O5S. The molecule has 0 unspecified atom stereocenters. The molecule has 0 saturated heterocycles. The van der Waals surface area contributed by atoms with E-state index >= 15 is 0 Å². The van der Waals surface area contributed by atoms with Crippen molar-refractivity contribution in [3.05, 3.63) is 53.6 Å². The Hall–Kier alpha value is -2.02. The summed E-state index contributed by atoms with van der Waals surface area (Å²) in [5.74, 6) is 0.221. The molecule has 0 amide bonds. The predicted octanol–water partition coefficient (Wildman–Crippen LogP) is 2.79. The van der Waals surface area contributed by atoms with Crippen molar-refractivity contribution in [2.45, 2.75) is 6.42 Å². The normalized spacial score (nSPS) is 13.6. The number of fused-ring (bicyclic) bond motifs is 2. The smallest absolute Gasteiger partial charge is 0.294 e. The van der Waals surface area contributed by atoms with Crippen molar-refractivity contribution in [2.75, 3.05) is 0 Å². The Labute approximate surface area is 116 Å². The molecule has 3 rings (SSSR count). The van der Waals surface area contributed by atoms with Crippen LogP contribution in [-0.4, -0.2) is 23.3 Å². The lowest BCUT2D eigenvalue weighted by Crippen LogP contribution is -2.03. The van der Waals surface area contributed by atoms with Crippen LogP contribution in [0.2, 0.25) is 0 Å². The topological polar surface area (TPSA) is 91.7 Å². The van der Waals surface area contributed by atoms with Crippen LogP contribution in [0.4, 0.5) is 0 Å². The molecule has 0 heterocycles. The van der Waals surface area contributed by atoms with Gasteiger partial charge in [0.15, 0.2) is 5.78 Å². The summed E-state index contributed by atoms with van der Waals surface area (Å²) in [5, 5.41) is 2.33. The van der Waals surface area contributed by atoms with Crippen LogP contribution in [-0.2, 0) is 10.4 Å². The molecule has 0 aromatic heterocycles. The second kappa shape index (κ2) is 5.54. The van der Waals surface area contributed by atoms with Gasteiger partial charge in [-0.15, -0.1) is 0 Å². The van der Waals surface area contributed by atoms with Crippen molar-refractivity contribution in [1.82, 2.24) is 0 Å². The maximum Gasteiger partial charge on any atom is 0.394 e. The number of allylic oxidation sites excluding steroid dienone is 1. The molecule has 2 aromatic rings. The maximum absolute atomic E-state index is 11.7. The predicted molar refractivity (Wildman–Crippen MR) is 76.1 cm³/mol. The van der Waals surface area contributed by atoms with Crippen molar-refractivity contribution < 1.29 is 22.3 Å². The van der Waals surface area contributed by atoms with Crippen LogP contribution in [0, 0.1) is 0 Å². The molecule has 5 nitrogen and oxygen atoms in total. The lowest BCUT2D eigenvalue weighted by Gasteiger charge is -2.10. The van der Waals surface area contributed by atoms with Gasteiger partial charge in [-0.2, -0.15) is 8.42 Å². The van der Waals surface area contributed by atoms with Crippen molar-refractivity contribution in [3.8, 4) is 0 Å². The van der Waals surface area contributed by atoms with Gasteiger partial charge in [0.2, 0.25) is 0 Å². The van der Waals surface area contributed by atoms with Crippen molar-refractivity contribution in [1.29, 1.82) is 0 Å². The quantitative estimate of drug-likeness (QED) is 0.728. The molecule has 0 atom stereocenters. The lowest BCUT2D eigenvalue weighted by atomic mass is 9.93. The first kappa shape index (κ1) is 14.4. The van der Waals surface area contributed by atoms with Crippen LogP contribution in [0.3, 0.4) is 0 Å². The van der Waals surface area contributed by atoms with Crippen LogP contribution in [0.1, 0.15) is 22.3 Å². The van der Waals surface area contributed by atoms with Gasteiger partial charge in [-0.1, -0.05) is 36.4 Å². The molecule has 6 heteroatoms. The number of benzene rings is 2. The van der Waals surface area contributed by atoms with Gasteiger partial charge in [0.1, 0.15) is 0 Å². The summed E-state index contributed by atoms with van der Waals surface area (Å²) in [7, 11) is -4.67. The van der Waals surface area contributed by atoms with Gasteiger partial charge >= 0.3 is 10.4 Å². The van der Waals surface area contributed by atoms with E-state index in [1.807, 2.05) is 36.4 Å². The van der Waals surface area contributed by atoms with Gasteiger partial charge < -0.3 is 0 Å². The summed E-state index contributed by atoms with van der Waals surface area (Å²) in [6, 6.07) is 12.2. The Balaban J connectivity index is 0.000000257. The minimum atomic E-state index is -4.67. The first-order chi connectivity index (χ1) is 9.34. The van der Waals surface area contributed by atoms with Crippen molar-refractivity contribution >= 4 is 33.0 Å². The van der Waals surface area contributed by atoms with Crippen LogP contribution in [0.15, 0.2) is 42.5 Å². The summed E-state index contributed by atoms with van der Waals surface area (Å²) in [6.07, 6.45) is 4.49. The monoisotopic (exact) mass is 292 g/mol. The third-order valence-electron chi connectivity index (χ3n) is 2.82. The number of Topliss-reactive ketones (excluding diaryl/α,β-unsaturated/α-hetero) is 1. The van der Waals surface area contributed by atoms with E-state index in [2.05, 4.69) is 12.1 Å². The van der Waals surface area contributed by atoms with Gasteiger partial charge in [-0.05, 0) is 28.5 Å². The maximum atomic E-state index is 11.7. The number of carbonyl (C=O) groups is 1. The highest BCUT2D eigenvalue weighted by atomic mass is 32.3. The first-order valence-electron chi connectivity index (χ1n) is 5.77. The fraction of sp³-hybridized carbons (Fsp3) is 0.0714. The van der Waals surface area contributed by atoms with E-state index in [1.54, 1.807) is 0 Å². The molecule has 0 saturated carbocycles. The van der Waals surface area contributed by atoms with Gasteiger partial charge in [0.25, 0.3) is 0 Å². The average Bonchev–Trinajstić information content (AvgIpc) is 2.35. The fourth-order valence-electron chi connectivity index (χ4n) is 2.04. The number of ketones is 1. The van der Waals surface area contributed by atoms with Crippen LogP contribution in [0.5, 0.6) is 0 Å². The van der Waals surface area contributed by atoms with Crippen LogP contribution < -0.4 is 0 Å². The fourth-order valence-corrected chi connectivity index (χ4v) is 2.04. The van der Waals surface area contributed by atoms with Crippen LogP contribution in [0.25, 0.3) is 16.8 Å². The molecule has 104 valence electrons. The average molecular weight is 292 g/mol. The van der Waals surface area contributed by atoms with E-state index in [1.165, 1.54) is 5.39 Å². The summed E-state index contributed by atoms with van der Waals surface area (Å²) in [4.78, 5) is 11.7. The molecule has 0 spiro atoms. The molecule has 1 aliphatic carbocycles. The third-order valence-corrected chi connectivity index (χ3v) is 2.82. The SMILES string of the molecule is O=C1CC=Cc2cc3ccccc3cc21.O=S(=O)(O)O. The Morgan fingerprint density at radius 1 is 1.00 bits per heavy atom. The zero-order chi connectivity index (χ0) is 14.8. The molecule has 0 fully saturated rings. The van der Waals surface area contributed by atoms with Crippen molar-refractivity contribution in [2.24, 2.45) is 0 Å². The number of rotatable bonds is 0. The molecule has 0 bridgehead atoms. The van der Waals surface area contributed by atoms with E-state index < -0.39 is 10.4 Å². The second-order valence-corrected chi connectivity index (χ2v) is 5.16. The summed E-state index contributed by atoms with van der Waals surface area (Å²) in [6.45, 7) is 0. The number of carbonyl (C=O) groups excluding carboxylic acids is 1. The molecule has 2 N–H and O–H groups in total. The molecule has 1 aliphatic rings. The first-order valence-corrected chi connectivity index (χ1v) is 7.17. The van der Waals surface area contributed by atoms with Crippen LogP contribution >= 0.6 is 0 Å².